The summed E-state index contributed by atoms with van der Waals surface area (Å²) in [5.74, 6) is -0.119. The number of Topliss-reactive ketones (excluding diaryl/α,β-unsaturated/α-hetero) is 1. The predicted octanol–water partition coefficient (Wildman–Crippen LogP) is 2.91. The molecule has 5 nitrogen and oxygen atoms in total. The van der Waals surface area contributed by atoms with E-state index in [1.165, 1.54) is 0 Å². The van der Waals surface area contributed by atoms with Gasteiger partial charge in [0.25, 0.3) is 0 Å². The van der Waals surface area contributed by atoms with E-state index in [2.05, 4.69) is 4.98 Å². The molecule has 1 saturated heterocycles. The van der Waals surface area contributed by atoms with Gasteiger partial charge in [-0.05, 0) is 45.7 Å². The van der Waals surface area contributed by atoms with Crippen molar-refractivity contribution in [1.29, 1.82) is 0 Å². The molecule has 0 N–H and O–H groups in total. The average molecular weight is 290 g/mol. The van der Waals surface area contributed by atoms with E-state index in [0.29, 0.717) is 18.7 Å². The third-order valence-corrected chi connectivity index (χ3v) is 3.39. The van der Waals surface area contributed by atoms with E-state index in [1.807, 2.05) is 20.8 Å². The molecule has 0 aromatic carbocycles. The summed E-state index contributed by atoms with van der Waals surface area (Å²) in [6.07, 6.45) is 4.49. The van der Waals surface area contributed by atoms with E-state index >= 15 is 0 Å². The molecule has 1 atom stereocenters. The van der Waals surface area contributed by atoms with Gasteiger partial charge in [-0.15, -0.1) is 0 Å². The summed E-state index contributed by atoms with van der Waals surface area (Å²) in [5.41, 5.74) is 0.0886. The Bertz CT molecular complexity index is 508. The number of hydrogen-bond acceptors (Lipinski definition) is 4. The number of nitrogens with zero attached hydrogens (tertiary/aromatic N) is 2. The first-order chi connectivity index (χ1) is 9.87. The number of ketones is 1. The van der Waals surface area contributed by atoms with E-state index in [4.69, 9.17) is 4.74 Å². The summed E-state index contributed by atoms with van der Waals surface area (Å²) in [6.45, 7) is 6.59. The first-order valence-electron chi connectivity index (χ1n) is 7.29. The van der Waals surface area contributed by atoms with Crippen LogP contribution >= 0.6 is 0 Å². The van der Waals surface area contributed by atoms with Gasteiger partial charge in [0.05, 0.1) is 0 Å². The molecule has 0 unspecified atom stereocenters. The van der Waals surface area contributed by atoms with Crippen LogP contribution in [-0.4, -0.2) is 40.5 Å². The van der Waals surface area contributed by atoms with E-state index in [0.717, 1.165) is 12.8 Å². The molecule has 2 heterocycles. The number of pyridine rings is 1. The van der Waals surface area contributed by atoms with E-state index in [9.17, 15) is 9.59 Å². The third kappa shape index (κ3) is 4.28. The van der Waals surface area contributed by atoms with E-state index in [1.54, 1.807) is 29.4 Å². The SMILES string of the molecule is CC(C)(C)OC(=O)N1CCC[C@@H](C(=O)c2cccnc2)C1. The maximum Gasteiger partial charge on any atom is 0.410 e. The van der Waals surface area contributed by atoms with Crippen LogP contribution in [0.15, 0.2) is 24.5 Å². The van der Waals surface area contributed by atoms with Gasteiger partial charge in [0.15, 0.2) is 5.78 Å². The average Bonchev–Trinajstić information content (AvgIpc) is 2.46. The molecule has 0 bridgehead atoms. The highest BCUT2D eigenvalue weighted by Gasteiger charge is 2.31. The Morgan fingerprint density at radius 1 is 1.38 bits per heavy atom. The summed E-state index contributed by atoms with van der Waals surface area (Å²) in [5, 5.41) is 0. The molecule has 114 valence electrons. The Balaban J connectivity index is 2.01. The molecule has 1 fully saturated rings. The summed E-state index contributed by atoms with van der Waals surface area (Å²) in [4.78, 5) is 30.1. The molecule has 0 spiro atoms. The Hall–Kier alpha value is -1.91. The summed E-state index contributed by atoms with van der Waals surface area (Å²) in [7, 11) is 0. The molecule has 21 heavy (non-hydrogen) atoms. The standard InChI is InChI=1S/C16H22N2O3/c1-16(2,3)21-15(20)18-9-5-7-13(11-18)14(19)12-6-4-8-17-10-12/h4,6,8,10,13H,5,7,9,11H2,1-3H3/t13-/m1/s1. The fourth-order valence-electron chi connectivity index (χ4n) is 2.43. The maximum absolute atomic E-state index is 12.4. The van der Waals surface area contributed by atoms with Crippen LogP contribution in [0, 0.1) is 5.92 Å². The number of piperidine rings is 1. The lowest BCUT2D eigenvalue weighted by molar-refractivity contribution is 0.0172. The number of carbonyl (C=O) groups is 2. The third-order valence-electron chi connectivity index (χ3n) is 3.39. The van der Waals surface area contributed by atoms with Crippen LogP contribution in [0.3, 0.4) is 0 Å². The molecular weight excluding hydrogens is 268 g/mol. The molecule has 1 amide bonds. The molecule has 1 aromatic heterocycles. The zero-order chi connectivity index (χ0) is 15.5. The molecule has 1 aliphatic heterocycles. The zero-order valence-electron chi connectivity index (χ0n) is 12.8. The van der Waals surface area contributed by atoms with Gasteiger partial charge in [0.1, 0.15) is 5.60 Å². The maximum atomic E-state index is 12.4. The van der Waals surface area contributed by atoms with Crippen molar-refractivity contribution in [2.45, 2.75) is 39.2 Å². The minimum atomic E-state index is -0.516. The van der Waals surface area contributed by atoms with Gasteiger partial charge >= 0.3 is 6.09 Å². The summed E-state index contributed by atoms with van der Waals surface area (Å²) < 4.78 is 5.37. The molecule has 2 rings (SSSR count). The normalized spacial score (nSPS) is 19.2. The van der Waals surface area contributed by atoms with Crippen molar-refractivity contribution in [3.8, 4) is 0 Å². The fraction of sp³-hybridized carbons (Fsp3) is 0.562. The van der Waals surface area contributed by atoms with Gasteiger partial charge in [-0.2, -0.15) is 0 Å². The molecule has 1 aliphatic rings. The monoisotopic (exact) mass is 290 g/mol. The lowest BCUT2D eigenvalue weighted by Crippen LogP contribution is -2.44. The predicted molar refractivity (Wildman–Crippen MR) is 79.1 cm³/mol. The van der Waals surface area contributed by atoms with Gasteiger partial charge in [-0.1, -0.05) is 0 Å². The van der Waals surface area contributed by atoms with Crippen molar-refractivity contribution in [3.05, 3.63) is 30.1 Å². The van der Waals surface area contributed by atoms with Crippen LogP contribution in [0.2, 0.25) is 0 Å². The van der Waals surface area contributed by atoms with Crippen LogP contribution in [0.5, 0.6) is 0 Å². The zero-order valence-corrected chi connectivity index (χ0v) is 12.8. The first kappa shape index (κ1) is 15.5. The molecule has 1 aromatic rings. The van der Waals surface area contributed by atoms with Crippen molar-refractivity contribution in [2.24, 2.45) is 5.92 Å². The van der Waals surface area contributed by atoms with Gasteiger partial charge in [0.2, 0.25) is 0 Å². The van der Waals surface area contributed by atoms with E-state index in [-0.39, 0.29) is 17.8 Å². The van der Waals surface area contributed by atoms with Crippen molar-refractivity contribution < 1.29 is 14.3 Å². The second kappa shape index (κ2) is 6.24. The second-order valence-electron chi connectivity index (χ2n) is 6.37. The van der Waals surface area contributed by atoms with Gasteiger partial charge in [-0.25, -0.2) is 4.79 Å². The van der Waals surface area contributed by atoms with Gasteiger partial charge < -0.3 is 9.64 Å². The van der Waals surface area contributed by atoms with Crippen LogP contribution in [0.25, 0.3) is 0 Å². The first-order valence-corrected chi connectivity index (χ1v) is 7.29. The highest BCUT2D eigenvalue weighted by atomic mass is 16.6. The van der Waals surface area contributed by atoms with Crippen molar-refractivity contribution >= 4 is 11.9 Å². The molecule has 0 radical (unpaired) electrons. The quantitative estimate of drug-likeness (QED) is 0.786. The van der Waals surface area contributed by atoms with Crippen LogP contribution in [0.1, 0.15) is 44.0 Å². The van der Waals surface area contributed by atoms with Crippen molar-refractivity contribution in [1.82, 2.24) is 9.88 Å². The lowest BCUT2D eigenvalue weighted by atomic mass is 9.91. The van der Waals surface area contributed by atoms with Crippen LogP contribution in [-0.2, 0) is 4.74 Å². The Morgan fingerprint density at radius 3 is 2.76 bits per heavy atom. The highest BCUT2D eigenvalue weighted by molar-refractivity contribution is 5.97. The smallest absolute Gasteiger partial charge is 0.410 e. The summed E-state index contributed by atoms with van der Waals surface area (Å²) in [6, 6.07) is 3.52. The Labute approximate surface area is 125 Å². The number of carbonyl (C=O) groups excluding carboxylic acids is 2. The number of aromatic nitrogens is 1. The van der Waals surface area contributed by atoms with Crippen LogP contribution in [0.4, 0.5) is 4.79 Å². The number of rotatable bonds is 2. The van der Waals surface area contributed by atoms with Crippen LogP contribution < -0.4 is 0 Å². The second-order valence-corrected chi connectivity index (χ2v) is 6.37. The van der Waals surface area contributed by atoms with Gasteiger partial charge in [-0.3, -0.25) is 9.78 Å². The Kier molecular flexibility index (Phi) is 4.60. The fourth-order valence-corrected chi connectivity index (χ4v) is 2.43. The minimum absolute atomic E-state index is 0.0522. The summed E-state index contributed by atoms with van der Waals surface area (Å²) >= 11 is 0. The van der Waals surface area contributed by atoms with Gasteiger partial charge in [0, 0.05) is 37.0 Å². The number of hydrogen-bond donors (Lipinski definition) is 0. The Morgan fingerprint density at radius 2 is 2.14 bits per heavy atom. The minimum Gasteiger partial charge on any atom is -0.444 e. The van der Waals surface area contributed by atoms with Crippen molar-refractivity contribution in [3.63, 3.8) is 0 Å². The number of amides is 1. The highest BCUT2D eigenvalue weighted by Crippen LogP contribution is 2.22. The number of ether oxygens (including phenoxy) is 1. The van der Waals surface area contributed by atoms with Crippen molar-refractivity contribution in [2.75, 3.05) is 13.1 Å². The van der Waals surface area contributed by atoms with E-state index < -0.39 is 5.60 Å². The molecule has 5 heteroatoms. The lowest BCUT2D eigenvalue weighted by Gasteiger charge is -2.33. The molecule has 0 saturated carbocycles. The topological polar surface area (TPSA) is 59.5 Å². The molecular formula is C16H22N2O3. The largest absolute Gasteiger partial charge is 0.444 e. The molecule has 0 aliphatic carbocycles. The number of likely N-dealkylation sites (tertiary alicyclic amines) is 1.